The summed E-state index contributed by atoms with van der Waals surface area (Å²) in [5.74, 6) is 0.824. The van der Waals surface area contributed by atoms with Crippen LogP contribution in [0.5, 0.6) is 17.2 Å². The fraction of sp³-hybridized carbons (Fsp3) is 0.556. The Morgan fingerprint density at radius 2 is 1.56 bits per heavy atom. The van der Waals surface area contributed by atoms with Gasteiger partial charge in [-0.1, -0.05) is 13.8 Å². The maximum absolute atomic E-state index is 12.0. The van der Waals surface area contributed by atoms with E-state index in [0.29, 0.717) is 28.7 Å². The van der Waals surface area contributed by atoms with Crippen molar-refractivity contribution in [3.8, 4) is 17.2 Å². The van der Waals surface area contributed by atoms with Gasteiger partial charge in [0, 0.05) is 6.04 Å². The van der Waals surface area contributed by atoms with Crippen molar-refractivity contribution in [2.24, 2.45) is 5.92 Å². The molecular formula is C18H27NO6. The van der Waals surface area contributed by atoms with E-state index in [2.05, 4.69) is 5.32 Å². The zero-order valence-electron chi connectivity index (χ0n) is 15.7. The van der Waals surface area contributed by atoms with Gasteiger partial charge in [0.2, 0.25) is 5.75 Å². The maximum atomic E-state index is 12.0. The van der Waals surface area contributed by atoms with Crippen LogP contribution in [0.3, 0.4) is 0 Å². The Kier molecular flexibility index (Phi) is 8.04. The van der Waals surface area contributed by atoms with Crippen molar-refractivity contribution in [2.75, 3.05) is 27.9 Å². The van der Waals surface area contributed by atoms with Gasteiger partial charge in [0.25, 0.3) is 5.91 Å². The van der Waals surface area contributed by atoms with Crippen molar-refractivity contribution >= 4 is 11.9 Å². The van der Waals surface area contributed by atoms with Gasteiger partial charge in [-0.3, -0.25) is 9.59 Å². The Morgan fingerprint density at radius 3 is 2.00 bits per heavy atom. The van der Waals surface area contributed by atoms with Crippen LogP contribution in [0.4, 0.5) is 0 Å². The summed E-state index contributed by atoms with van der Waals surface area (Å²) in [5, 5.41) is 2.78. The number of amides is 1. The highest BCUT2D eigenvalue weighted by atomic mass is 16.5. The van der Waals surface area contributed by atoms with E-state index in [9.17, 15) is 9.59 Å². The number of hydrogen-bond acceptors (Lipinski definition) is 6. The lowest BCUT2D eigenvalue weighted by molar-refractivity contribution is -0.148. The summed E-state index contributed by atoms with van der Waals surface area (Å²) in [4.78, 5) is 23.7. The molecule has 0 saturated heterocycles. The molecular weight excluding hydrogens is 326 g/mol. The Morgan fingerprint density at radius 1 is 1.00 bits per heavy atom. The molecule has 1 aromatic rings. The minimum atomic E-state index is -0.512. The van der Waals surface area contributed by atoms with E-state index in [4.69, 9.17) is 18.9 Å². The molecule has 140 valence electrons. The molecule has 1 rings (SSSR count). The van der Waals surface area contributed by atoms with E-state index in [1.54, 1.807) is 12.1 Å². The van der Waals surface area contributed by atoms with Crippen LogP contribution >= 0.6 is 0 Å². The maximum Gasteiger partial charge on any atom is 0.310 e. The number of nitrogens with one attached hydrogen (secondary N) is 1. The average Bonchev–Trinajstić information content (AvgIpc) is 2.58. The number of rotatable bonds is 9. The lowest BCUT2D eigenvalue weighted by Gasteiger charge is -2.17. The second-order valence-electron chi connectivity index (χ2n) is 5.97. The lowest BCUT2D eigenvalue weighted by atomic mass is 10.1. The normalized spacial score (nSPS) is 11.6. The molecule has 0 aliphatic heterocycles. The SMILES string of the molecule is COc1cc(CC(=O)OCC(=O)N[C@@H](C)C(C)C)cc(OC)c1OC. The molecule has 0 bridgehead atoms. The molecule has 0 spiro atoms. The van der Waals surface area contributed by atoms with Gasteiger partial charge in [-0.05, 0) is 30.5 Å². The predicted octanol–water partition coefficient (Wildman–Crippen LogP) is 1.96. The molecule has 1 aromatic carbocycles. The van der Waals surface area contributed by atoms with Crippen molar-refractivity contribution in [1.29, 1.82) is 0 Å². The molecule has 1 amide bonds. The van der Waals surface area contributed by atoms with Crippen LogP contribution < -0.4 is 19.5 Å². The van der Waals surface area contributed by atoms with Gasteiger partial charge in [0.05, 0.1) is 27.8 Å². The standard InChI is InChI=1S/C18H27NO6/c1-11(2)12(3)19-16(20)10-25-17(21)9-13-7-14(22-4)18(24-6)15(8-13)23-5/h7-8,11-12H,9-10H2,1-6H3,(H,19,20)/t12-/m0/s1. The van der Waals surface area contributed by atoms with Crippen LogP contribution in [0, 0.1) is 5.92 Å². The van der Waals surface area contributed by atoms with E-state index >= 15 is 0 Å². The third-order valence-corrected chi connectivity index (χ3v) is 3.83. The molecule has 0 radical (unpaired) electrons. The smallest absolute Gasteiger partial charge is 0.310 e. The van der Waals surface area contributed by atoms with E-state index < -0.39 is 5.97 Å². The Labute approximate surface area is 148 Å². The Balaban J connectivity index is 2.67. The van der Waals surface area contributed by atoms with E-state index in [1.165, 1.54) is 21.3 Å². The van der Waals surface area contributed by atoms with Crippen LogP contribution in [-0.4, -0.2) is 45.9 Å². The highest BCUT2D eigenvalue weighted by molar-refractivity contribution is 5.81. The van der Waals surface area contributed by atoms with Crippen molar-refractivity contribution in [1.82, 2.24) is 5.32 Å². The van der Waals surface area contributed by atoms with Gasteiger partial charge in [-0.25, -0.2) is 0 Å². The largest absolute Gasteiger partial charge is 0.493 e. The van der Waals surface area contributed by atoms with Gasteiger partial charge in [-0.15, -0.1) is 0 Å². The Bertz CT molecular complexity index is 574. The first-order chi connectivity index (χ1) is 11.8. The van der Waals surface area contributed by atoms with Gasteiger partial charge in [-0.2, -0.15) is 0 Å². The number of methoxy groups -OCH3 is 3. The zero-order chi connectivity index (χ0) is 19.0. The van der Waals surface area contributed by atoms with E-state index in [0.717, 1.165) is 0 Å². The number of benzene rings is 1. The van der Waals surface area contributed by atoms with Gasteiger partial charge >= 0.3 is 5.97 Å². The number of hydrogen-bond donors (Lipinski definition) is 1. The summed E-state index contributed by atoms with van der Waals surface area (Å²) < 4.78 is 20.8. The van der Waals surface area contributed by atoms with Gasteiger partial charge in [0.15, 0.2) is 18.1 Å². The third kappa shape index (κ3) is 6.17. The molecule has 0 aliphatic carbocycles. The summed E-state index contributed by atoms with van der Waals surface area (Å²) >= 11 is 0. The average molecular weight is 353 g/mol. The Hall–Kier alpha value is -2.44. The molecule has 0 unspecified atom stereocenters. The first-order valence-electron chi connectivity index (χ1n) is 8.06. The molecule has 0 fully saturated rings. The van der Waals surface area contributed by atoms with Crippen molar-refractivity contribution in [3.63, 3.8) is 0 Å². The molecule has 7 heteroatoms. The fourth-order valence-corrected chi connectivity index (χ4v) is 2.06. The van der Waals surface area contributed by atoms with Gasteiger partial charge < -0.3 is 24.3 Å². The first kappa shape index (κ1) is 20.6. The highest BCUT2D eigenvalue weighted by Crippen LogP contribution is 2.38. The topological polar surface area (TPSA) is 83.1 Å². The quantitative estimate of drug-likeness (QED) is 0.683. The summed E-state index contributed by atoms with van der Waals surface area (Å²) in [7, 11) is 4.50. The molecule has 7 nitrogen and oxygen atoms in total. The molecule has 0 aromatic heterocycles. The molecule has 0 saturated carbocycles. The minimum absolute atomic E-state index is 0.0102. The molecule has 1 N–H and O–H groups in total. The number of carbonyl (C=O) groups is 2. The fourth-order valence-electron chi connectivity index (χ4n) is 2.06. The summed E-state index contributed by atoms with van der Waals surface area (Å²) in [5.41, 5.74) is 0.635. The number of ether oxygens (including phenoxy) is 4. The lowest BCUT2D eigenvalue weighted by Crippen LogP contribution is -2.38. The number of esters is 1. The minimum Gasteiger partial charge on any atom is -0.493 e. The van der Waals surface area contributed by atoms with Crippen LogP contribution in [0.2, 0.25) is 0 Å². The van der Waals surface area contributed by atoms with Crippen molar-refractivity contribution in [2.45, 2.75) is 33.2 Å². The summed E-state index contributed by atoms with van der Waals surface area (Å²) in [6, 6.07) is 3.36. The predicted molar refractivity (Wildman–Crippen MR) is 93.2 cm³/mol. The third-order valence-electron chi connectivity index (χ3n) is 3.83. The molecule has 0 aliphatic rings. The summed E-state index contributed by atoms with van der Waals surface area (Å²) in [6.45, 7) is 5.60. The van der Waals surface area contributed by atoms with Crippen molar-refractivity contribution in [3.05, 3.63) is 17.7 Å². The highest BCUT2D eigenvalue weighted by Gasteiger charge is 2.17. The molecule has 25 heavy (non-hydrogen) atoms. The monoisotopic (exact) mass is 353 g/mol. The molecule has 0 heterocycles. The summed E-state index contributed by atoms with van der Waals surface area (Å²) in [6.07, 6.45) is -0.0102. The number of carbonyl (C=O) groups excluding carboxylic acids is 2. The van der Waals surface area contributed by atoms with Crippen LogP contribution in [-0.2, 0) is 20.7 Å². The molecule has 1 atom stereocenters. The van der Waals surface area contributed by atoms with Crippen LogP contribution in [0.25, 0.3) is 0 Å². The van der Waals surface area contributed by atoms with E-state index in [-0.39, 0.29) is 25.0 Å². The second-order valence-corrected chi connectivity index (χ2v) is 5.97. The van der Waals surface area contributed by atoms with Crippen LogP contribution in [0.15, 0.2) is 12.1 Å². The zero-order valence-corrected chi connectivity index (χ0v) is 15.7. The van der Waals surface area contributed by atoms with Gasteiger partial charge in [0.1, 0.15) is 0 Å². The van der Waals surface area contributed by atoms with Crippen LogP contribution in [0.1, 0.15) is 26.3 Å². The van der Waals surface area contributed by atoms with Crippen molar-refractivity contribution < 1.29 is 28.5 Å². The van der Waals surface area contributed by atoms with E-state index in [1.807, 2.05) is 20.8 Å². The second kappa shape index (κ2) is 9.76. The first-order valence-corrected chi connectivity index (χ1v) is 8.06.